The molecule has 0 bridgehead atoms. The van der Waals surface area contributed by atoms with Crippen molar-refractivity contribution in [1.82, 2.24) is 20.6 Å². The van der Waals surface area contributed by atoms with Crippen LogP contribution < -0.4 is 10.6 Å². The smallest absolute Gasteiger partial charge is 0.191 e. The second-order valence-corrected chi connectivity index (χ2v) is 6.76. The van der Waals surface area contributed by atoms with Crippen molar-refractivity contribution in [3.05, 3.63) is 52.1 Å². The van der Waals surface area contributed by atoms with Crippen LogP contribution in [0.2, 0.25) is 0 Å². The van der Waals surface area contributed by atoms with E-state index < -0.39 is 0 Å². The number of para-hydroxylation sites is 1. The largest absolute Gasteiger partial charge is 0.361 e. The molecule has 25 heavy (non-hydrogen) atoms. The van der Waals surface area contributed by atoms with Gasteiger partial charge >= 0.3 is 0 Å². The Morgan fingerprint density at radius 3 is 2.92 bits per heavy atom. The normalized spacial score (nSPS) is 11.8. The molecule has 3 N–H and O–H groups in total. The number of rotatable bonds is 7. The van der Waals surface area contributed by atoms with Crippen LogP contribution in [0.4, 0.5) is 0 Å². The summed E-state index contributed by atoms with van der Waals surface area (Å²) in [6.07, 6.45) is 4.03. The van der Waals surface area contributed by atoms with Gasteiger partial charge in [0, 0.05) is 35.6 Å². The van der Waals surface area contributed by atoms with Gasteiger partial charge in [-0.25, -0.2) is 9.98 Å². The van der Waals surface area contributed by atoms with E-state index in [0.717, 1.165) is 37.6 Å². The van der Waals surface area contributed by atoms with Crippen LogP contribution in [0, 0.1) is 0 Å². The quantitative estimate of drug-likeness (QED) is 0.449. The lowest BCUT2D eigenvalue weighted by atomic mass is 10.1. The number of aliphatic imine (C=N–C) groups is 1. The van der Waals surface area contributed by atoms with Gasteiger partial charge in [0.1, 0.15) is 0 Å². The molecule has 0 aliphatic heterocycles. The Morgan fingerprint density at radius 1 is 1.24 bits per heavy atom. The lowest BCUT2D eigenvalue weighted by molar-refractivity contribution is 0.799. The number of guanidine groups is 1. The molecule has 3 aromatic rings. The van der Waals surface area contributed by atoms with Gasteiger partial charge in [0.2, 0.25) is 0 Å². The van der Waals surface area contributed by atoms with Crippen LogP contribution in [-0.2, 0) is 19.4 Å². The number of nitrogens with zero attached hydrogens (tertiary/aromatic N) is 2. The standard InChI is InChI=1S/C19H25N5S/c1-3-18-24-15(13-25-18)12-23-19(20-4-2)21-10-9-14-11-22-17-8-6-5-7-16(14)17/h5-8,11,13,22H,3-4,9-10,12H2,1-2H3,(H2,20,21,23). The molecule has 0 unspecified atom stereocenters. The van der Waals surface area contributed by atoms with Gasteiger partial charge in [-0.3, -0.25) is 0 Å². The zero-order chi connectivity index (χ0) is 17.5. The summed E-state index contributed by atoms with van der Waals surface area (Å²) in [4.78, 5) is 12.5. The Bertz CT molecular complexity index is 833. The van der Waals surface area contributed by atoms with Crippen LogP contribution in [0.5, 0.6) is 0 Å². The summed E-state index contributed by atoms with van der Waals surface area (Å²) in [6, 6.07) is 8.40. The van der Waals surface area contributed by atoms with E-state index in [9.17, 15) is 0 Å². The van der Waals surface area contributed by atoms with E-state index in [4.69, 9.17) is 0 Å². The molecular weight excluding hydrogens is 330 g/mol. The van der Waals surface area contributed by atoms with Gasteiger partial charge in [-0.1, -0.05) is 25.1 Å². The van der Waals surface area contributed by atoms with E-state index in [1.165, 1.54) is 21.5 Å². The third-order valence-corrected chi connectivity index (χ3v) is 5.05. The maximum Gasteiger partial charge on any atom is 0.191 e. The van der Waals surface area contributed by atoms with Crippen LogP contribution in [0.25, 0.3) is 10.9 Å². The van der Waals surface area contributed by atoms with Crippen LogP contribution in [0.15, 0.2) is 40.8 Å². The molecule has 0 amide bonds. The molecule has 0 saturated carbocycles. The Labute approximate surface area is 152 Å². The van der Waals surface area contributed by atoms with Crippen molar-refractivity contribution >= 4 is 28.2 Å². The number of H-pyrrole nitrogens is 1. The fourth-order valence-corrected chi connectivity index (χ4v) is 3.48. The molecule has 5 nitrogen and oxygen atoms in total. The van der Waals surface area contributed by atoms with Crippen LogP contribution in [-0.4, -0.2) is 29.0 Å². The van der Waals surface area contributed by atoms with Gasteiger partial charge in [-0.15, -0.1) is 11.3 Å². The third-order valence-electron chi connectivity index (χ3n) is 4.01. The molecule has 2 heterocycles. The lowest BCUT2D eigenvalue weighted by Gasteiger charge is -2.10. The molecule has 6 heteroatoms. The van der Waals surface area contributed by atoms with Crippen molar-refractivity contribution in [2.75, 3.05) is 13.1 Å². The summed E-state index contributed by atoms with van der Waals surface area (Å²) in [6.45, 7) is 6.50. The van der Waals surface area contributed by atoms with Crippen molar-refractivity contribution in [2.24, 2.45) is 4.99 Å². The van der Waals surface area contributed by atoms with E-state index in [-0.39, 0.29) is 0 Å². The average Bonchev–Trinajstić information content (AvgIpc) is 3.26. The Morgan fingerprint density at radius 2 is 2.12 bits per heavy atom. The van der Waals surface area contributed by atoms with Crippen LogP contribution in [0.1, 0.15) is 30.1 Å². The first-order chi connectivity index (χ1) is 12.3. The molecule has 0 aliphatic rings. The second-order valence-electron chi connectivity index (χ2n) is 5.82. The fraction of sp³-hybridized carbons (Fsp3) is 0.368. The zero-order valence-corrected chi connectivity index (χ0v) is 15.6. The van der Waals surface area contributed by atoms with E-state index in [1.807, 2.05) is 0 Å². The average molecular weight is 356 g/mol. The highest BCUT2D eigenvalue weighted by Gasteiger charge is 2.04. The Balaban J connectivity index is 1.57. The first-order valence-corrected chi connectivity index (χ1v) is 9.68. The van der Waals surface area contributed by atoms with E-state index in [0.29, 0.717) is 6.54 Å². The topological polar surface area (TPSA) is 65.1 Å². The van der Waals surface area contributed by atoms with Gasteiger partial charge in [-0.05, 0) is 31.4 Å². The maximum atomic E-state index is 4.64. The summed E-state index contributed by atoms with van der Waals surface area (Å²) in [5, 5.41) is 11.3. The molecule has 2 aromatic heterocycles. The highest BCUT2D eigenvalue weighted by atomic mass is 32.1. The van der Waals surface area contributed by atoms with E-state index in [2.05, 4.69) is 75.3 Å². The minimum atomic E-state index is 0.610. The number of aryl methyl sites for hydroxylation is 1. The van der Waals surface area contributed by atoms with Crippen LogP contribution >= 0.6 is 11.3 Å². The summed E-state index contributed by atoms with van der Waals surface area (Å²) in [5.41, 5.74) is 3.55. The van der Waals surface area contributed by atoms with Gasteiger partial charge in [-0.2, -0.15) is 0 Å². The molecule has 1 aromatic carbocycles. The predicted molar refractivity (Wildman–Crippen MR) is 106 cm³/mol. The van der Waals surface area contributed by atoms with Gasteiger partial charge in [0.05, 0.1) is 17.2 Å². The molecule has 0 atom stereocenters. The summed E-state index contributed by atoms with van der Waals surface area (Å²) < 4.78 is 0. The molecule has 0 radical (unpaired) electrons. The highest BCUT2D eigenvalue weighted by molar-refractivity contribution is 7.09. The fourth-order valence-electron chi connectivity index (χ4n) is 2.74. The van der Waals surface area contributed by atoms with E-state index >= 15 is 0 Å². The van der Waals surface area contributed by atoms with Crippen molar-refractivity contribution in [3.63, 3.8) is 0 Å². The van der Waals surface area contributed by atoms with Crippen molar-refractivity contribution < 1.29 is 0 Å². The van der Waals surface area contributed by atoms with Crippen molar-refractivity contribution in [1.29, 1.82) is 0 Å². The number of benzene rings is 1. The summed E-state index contributed by atoms with van der Waals surface area (Å²) >= 11 is 1.71. The number of nitrogens with one attached hydrogen (secondary N) is 3. The lowest BCUT2D eigenvalue weighted by Crippen LogP contribution is -2.38. The Kier molecular flexibility index (Phi) is 6.06. The van der Waals surface area contributed by atoms with Crippen LogP contribution in [0.3, 0.4) is 0 Å². The van der Waals surface area contributed by atoms with Crippen molar-refractivity contribution in [3.8, 4) is 0 Å². The third kappa shape index (κ3) is 4.60. The molecule has 0 aliphatic carbocycles. The Hall–Kier alpha value is -2.34. The van der Waals surface area contributed by atoms with Gasteiger partial charge < -0.3 is 15.6 Å². The number of aromatic amines is 1. The molecule has 3 rings (SSSR count). The maximum absolute atomic E-state index is 4.64. The molecule has 132 valence electrons. The first-order valence-electron chi connectivity index (χ1n) is 8.80. The monoisotopic (exact) mass is 355 g/mol. The highest BCUT2D eigenvalue weighted by Crippen LogP contribution is 2.17. The van der Waals surface area contributed by atoms with Gasteiger partial charge in [0.15, 0.2) is 5.96 Å². The summed E-state index contributed by atoms with van der Waals surface area (Å²) in [5.74, 6) is 0.841. The molecule has 0 spiro atoms. The summed E-state index contributed by atoms with van der Waals surface area (Å²) in [7, 11) is 0. The SMILES string of the molecule is CCNC(=NCc1csc(CC)n1)NCCc1c[nH]c2ccccc12. The molecular formula is C19H25N5S. The number of hydrogen-bond acceptors (Lipinski definition) is 3. The number of aromatic nitrogens is 2. The van der Waals surface area contributed by atoms with Gasteiger partial charge in [0.25, 0.3) is 0 Å². The predicted octanol–water partition coefficient (Wildman–Crippen LogP) is 3.48. The number of fused-ring (bicyclic) bond motifs is 1. The number of thiazole rings is 1. The zero-order valence-electron chi connectivity index (χ0n) is 14.8. The second kappa shape index (κ2) is 8.67. The van der Waals surface area contributed by atoms with E-state index in [1.54, 1.807) is 11.3 Å². The molecule has 0 fully saturated rings. The minimum Gasteiger partial charge on any atom is -0.361 e. The van der Waals surface area contributed by atoms with Crippen molar-refractivity contribution in [2.45, 2.75) is 33.2 Å². The minimum absolute atomic E-state index is 0.610. The first kappa shape index (κ1) is 17.5. The number of hydrogen-bond donors (Lipinski definition) is 3. The molecule has 0 saturated heterocycles.